The fourth-order valence-corrected chi connectivity index (χ4v) is 2.59. The van der Waals surface area contributed by atoms with E-state index >= 15 is 0 Å². The average Bonchev–Trinajstić information content (AvgIpc) is 2.91. The molecule has 116 valence electrons. The third kappa shape index (κ3) is 5.02. The number of anilines is 1. The van der Waals surface area contributed by atoms with Gasteiger partial charge in [0, 0.05) is 18.8 Å². The predicted octanol–water partition coefficient (Wildman–Crippen LogP) is 2.65. The number of amides is 2. The lowest BCUT2D eigenvalue weighted by atomic mass is 10.0. The first kappa shape index (κ1) is 15.8. The predicted molar refractivity (Wildman–Crippen MR) is 82.2 cm³/mol. The number of carbonyl (C=O) groups excluding carboxylic acids is 1. The second kappa shape index (κ2) is 7.43. The molecule has 0 radical (unpaired) electrons. The summed E-state index contributed by atoms with van der Waals surface area (Å²) in [7, 11) is 0. The zero-order chi connectivity index (χ0) is 15.1. The van der Waals surface area contributed by atoms with Gasteiger partial charge in [0.05, 0.1) is 12.2 Å². The largest absolute Gasteiger partial charge is 0.388 e. The van der Waals surface area contributed by atoms with Crippen LogP contribution in [0.5, 0.6) is 0 Å². The number of hydrogen-bond acceptors (Lipinski definition) is 3. The Morgan fingerprint density at radius 3 is 2.86 bits per heavy atom. The number of ether oxygens (including phenoxy) is 1. The Hall–Kier alpha value is -1.59. The molecular formula is C16H24N2O3. The minimum Gasteiger partial charge on any atom is -0.388 e. The van der Waals surface area contributed by atoms with Crippen molar-refractivity contribution in [1.29, 1.82) is 0 Å². The molecule has 0 saturated heterocycles. The minimum absolute atomic E-state index is 0.288. The van der Waals surface area contributed by atoms with Crippen molar-refractivity contribution in [3.8, 4) is 0 Å². The van der Waals surface area contributed by atoms with Gasteiger partial charge in [-0.1, -0.05) is 25.0 Å². The monoisotopic (exact) mass is 292 g/mol. The summed E-state index contributed by atoms with van der Waals surface area (Å²) in [6, 6.07) is 7.27. The SMILES string of the molecule is CCOCc1cccc(NC(=O)NCC2(O)CCCC2)c1. The molecule has 0 atom stereocenters. The molecule has 0 heterocycles. The highest BCUT2D eigenvalue weighted by atomic mass is 16.5. The zero-order valence-corrected chi connectivity index (χ0v) is 12.5. The molecule has 0 bridgehead atoms. The molecule has 1 saturated carbocycles. The summed E-state index contributed by atoms with van der Waals surface area (Å²) in [5, 5.41) is 15.7. The van der Waals surface area contributed by atoms with Crippen molar-refractivity contribution in [3.05, 3.63) is 29.8 Å². The van der Waals surface area contributed by atoms with E-state index in [4.69, 9.17) is 4.74 Å². The number of hydrogen-bond donors (Lipinski definition) is 3. The molecule has 0 spiro atoms. The maximum atomic E-state index is 11.9. The van der Waals surface area contributed by atoms with Crippen LogP contribution in [0.15, 0.2) is 24.3 Å². The van der Waals surface area contributed by atoms with Crippen molar-refractivity contribution in [1.82, 2.24) is 5.32 Å². The molecule has 0 aromatic heterocycles. The van der Waals surface area contributed by atoms with Crippen LogP contribution in [0.25, 0.3) is 0 Å². The van der Waals surface area contributed by atoms with Crippen molar-refractivity contribution in [2.75, 3.05) is 18.5 Å². The summed E-state index contributed by atoms with van der Waals surface area (Å²) in [5.41, 5.74) is 1.01. The van der Waals surface area contributed by atoms with E-state index in [-0.39, 0.29) is 6.03 Å². The summed E-state index contributed by atoms with van der Waals surface area (Å²) in [6.45, 7) is 3.45. The number of aliphatic hydroxyl groups is 1. The molecule has 1 aromatic rings. The Balaban J connectivity index is 1.81. The average molecular weight is 292 g/mol. The van der Waals surface area contributed by atoms with Crippen LogP contribution < -0.4 is 10.6 Å². The molecule has 5 heteroatoms. The fourth-order valence-electron chi connectivity index (χ4n) is 2.59. The standard InChI is InChI=1S/C16H24N2O3/c1-2-21-11-13-6-5-7-14(10-13)18-15(19)17-12-16(20)8-3-4-9-16/h5-7,10,20H,2-4,8-9,11-12H2,1H3,(H2,17,18,19). The van der Waals surface area contributed by atoms with Crippen LogP contribution in [0.1, 0.15) is 38.2 Å². The van der Waals surface area contributed by atoms with Crippen LogP contribution in [0.2, 0.25) is 0 Å². The van der Waals surface area contributed by atoms with Crippen molar-refractivity contribution in [2.45, 2.75) is 44.8 Å². The van der Waals surface area contributed by atoms with Crippen LogP contribution in [0.3, 0.4) is 0 Å². The quantitative estimate of drug-likeness (QED) is 0.755. The van der Waals surface area contributed by atoms with Gasteiger partial charge < -0.3 is 20.5 Å². The third-order valence-electron chi connectivity index (χ3n) is 3.77. The van der Waals surface area contributed by atoms with E-state index < -0.39 is 5.60 Å². The molecule has 3 N–H and O–H groups in total. The van der Waals surface area contributed by atoms with Crippen molar-refractivity contribution in [3.63, 3.8) is 0 Å². The maximum absolute atomic E-state index is 11.9. The molecular weight excluding hydrogens is 268 g/mol. The minimum atomic E-state index is -0.728. The maximum Gasteiger partial charge on any atom is 0.319 e. The molecule has 2 amide bonds. The Morgan fingerprint density at radius 1 is 1.38 bits per heavy atom. The summed E-state index contributed by atoms with van der Waals surface area (Å²) < 4.78 is 5.35. The van der Waals surface area contributed by atoms with Crippen LogP contribution in [-0.4, -0.2) is 29.9 Å². The zero-order valence-electron chi connectivity index (χ0n) is 12.5. The second-order valence-electron chi connectivity index (χ2n) is 5.58. The second-order valence-corrected chi connectivity index (χ2v) is 5.58. The molecule has 1 aromatic carbocycles. The van der Waals surface area contributed by atoms with E-state index in [2.05, 4.69) is 10.6 Å². The Morgan fingerprint density at radius 2 is 2.14 bits per heavy atom. The molecule has 21 heavy (non-hydrogen) atoms. The van der Waals surface area contributed by atoms with Gasteiger partial charge in [-0.3, -0.25) is 0 Å². The highest BCUT2D eigenvalue weighted by molar-refractivity contribution is 5.89. The summed E-state index contributed by atoms with van der Waals surface area (Å²) in [4.78, 5) is 11.9. The number of nitrogens with one attached hydrogen (secondary N) is 2. The van der Waals surface area contributed by atoms with Crippen LogP contribution in [-0.2, 0) is 11.3 Å². The van der Waals surface area contributed by atoms with Gasteiger partial charge in [-0.15, -0.1) is 0 Å². The van der Waals surface area contributed by atoms with Crippen molar-refractivity contribution >= 4 is 11.7 Å². The van der Waals surface area contributed by atoms with Crippen molar-refractivity contribution in [2.24, 2.45) is 0 Å². The fraction of sp³-hybridized carbons (Fsp3) is 0.562. The molecule has 0 unspecified atom stereocenters. The first-order chi connectivity index (χ1) is 10.1. The van der Waals surface area contributed by atoms with Gasteiger partial charge in [-0.2, -0.15) is 0 Å². The first-order valence-corrected chi connectivity index (χ1v) is 7.55. The van der Waals surface area contributed by atoms with Crippen LogP contribution in [0.4, 0.5) is 10.5 Å². The molecule has 0 aliphatic heterocycles. The lowest BCUT2D eigenvalue weighted by molar-refractivity contribution is 0.0506. The van der Waals surface area contributed by atoms with Gasteiger partial charge in [0.25, 0.3) is 0 Å². The summed E-state index contributed by atoms with van der Waals surface area (Å²) in [6.07, 6.45) is 3.58. The van der Waals surface area contributed by atoms with E-state index in [0.29, 0.717) is 19.8 Å². The lowest BCUT2D eigenvalue weighted by Crippen LogP contribution is -2.42. The Kier molecular flexibility index (Phi) is 5.59. The highest BCUT2D eigenvalue weighted by Crippen LogP contribution is 2.28. The van der Waals surface area contributed by atoms with Gasteiger partial charge in [0.1, 0.15) is 0 Å². The number of rotatable bonds is 6. The van der Waals surface area contributed by atoms with Crippen LogP contribution in [0, 0.1) is 0 Å². The Labute approximate surface area is 125 Å². The number of benzene rings is 1. The third-order valence-corrected chi connectivity index (χ3v) is 3.77. The van der Waals surface area contributed by atoms with E-state index in [1.165, 1.54) is 0 Å². The summed E-state index contributed by atoms with van der Waals surface area (Å²) >= 11 is 0. The smallest absolute Gasteiger partial charge is 0.319 e. The molecule has 1 aliphatic rings. The normalized spacial score (nSPS) is 16.7. The van der Waals surface area contributed by atoms with Gasteiger partial charge in [-0.05, 0) is 37.5 Å². The van der Waals surface area contributed by atoms with E-state index in [9.17, 15) is 9.90 Å². The molecule has 1 fully saturated rings. The highest BCUT2D eigenvalue weighted by Gasteiger charge is 2.31. The summed E-state index contributed by atoms with van der Waals surface area (Å²) in [5.74, 6) is 0. The van der Waals surface area contributed by atoms with Gasteiger partial charge in [0.2, 0.25) is 0 Å². The number of urea groups is 1. The van der Waals surface area contributed by atoms with Crippen molar-refractivity contribution < 1.29 is 14.6 Å². The molecule has 5 nitrogen and oxygen atoms in total. The Bertz CT molecular complexity index is 470. The van der Waals surface area contributed by atoms with E-state index in [1.54, 1.807) is 0 Å². The van der Waals surface area contributed by atoms with Gasteiger partial charge in [0.15, 0.2) is 0 Å². The van der Waals surface area contributed by atoms with Crippen LogP contribution >= 0.6 is 0 Å². The van der Waals surface area contributed by atoms with E-state index in [0.717, 1.165) is 36.9 Å². The van der Waals surface area contributed by atoms with Gasteiger partial charge in [-0.25, -0.2) is 4.79 Å². The molecule has 2 rings (SSSR count). The van der Waals surface area contributed by atoms with E-state index in [1.807, 2.05) is 31.2 Å². The molecule has 1 aliphatic carbocycles. The lowest BCUT2D eigenvalue weighted by Gasteiger charge is -2.22. The number of carbonyl (C=O) groups is 1. The topological polar surface area (TPSA) is 70.6 Å². The van der Waals surface area contributed by atoms with Gasteiger partial charge >= 0.3 is 6.03 Å². The first-order valence-electron chi connectivity index (χ1n) is 7.55.